The van der Waals surface area contributed by atoms with Crippen molar-refractivity contribution in [3.63, 3.8) is 0 Å². The number of ether oxygens (including phenoxy) is 4. The minimum Gasteiger partial charge on any atom is -0.458 e. The second-order valence-electron chi connectivity index (χ2n) is 18.3. The predicted molar refractivity (Wildman–Crippen MR) is 219 cm³/mol. The summed E-state index contributed by atoms with van der Waals surface area (Å²) in [7, 11) is 0. The molecule has 1 unspecified atom stereocenters. The molecule has 0 saturated heterocycles. The molecule has 1 atom stereocenters. The first kappa shape index (κ1) is 49.5. The van der Waals surface area contributed by atoms with Gasteiger partial charge in [0.15, 0.2) is 0 Å². The Kier molecular flexibility index (Phi) is 21.7. The van der Waals surface area contributed by atoms with E-state index >= 15 is 0 Å². The molecule has 0 fully saturated rings. The summed E-state index contributed by atoms with van der Waals surface area (Å²) in [6.07, 6.45) is 7.11. The maximum atomic E-state index is 13.5. The molecule has 55 heavy (non-hydrogen) atoms. The van der Waals surface area contributed by atoms with Gasteiger partial charge in [0, 0.05) is 26.2 Å². The van der Waals surface area contributed by atoms with E-state index in [9.17, 15) is 19.2 Å². The van der Waals surface area contributed by atoms with Crippen LogP contribution in [-0.4, -0.2) is 95.2 Å². The Morgan fingerprint density at radius 3 is 1.62 bits per heavy atom. The van der Waals surface area contributed by atoms with Crippen LogP contribution >= 0.6 is 0 Å². The van der Waals surface area contributed by atoms with Gasteiger partial charge in [0.1, 0.15) is 28.4 Å². The molecule has 0 spiro atoms. The van der Waals surface area contributed by atoms with E-state index in [-0.39, 0.29) is 12.6 Å². The third kappa shape index (κ3) is 26.0. The number of carbonyl (C=O) groups excluding carboxylic acids is 4. The quantitative estimate of drug-likeness (QED) is 0.0671. The van der Waals surface area contributed by atoms with Crippen molar-refractivity contribution < 1.29 is 38.1 Å². The van der Waals surface area contributed by atoms with Crippen LogP contribution in [0.2, 0.25) is 0 Å². The van der Waals surface area contributed by atoms with Crippen LogP contribution in [0.25, 0.3) is 0 Å². The highest BCUT2D eigenvalue weighted by Gasteiger charge is 2.35. The zero-order valence-electron chi connectivity index (χ0n) is 36.4. The maximum Gasteiger partial charge on any atom is 0.411 e. The fourth-order valence-corrected chi connectivity index (χ4v) is 5.55. The molecule has 0 aromatic heterocycles. The van der Waals surface area contributed by atoms with Crippen molar-refractivity contribution in [1.29, 1.82) is 0 Å². The van der Waals surface area contributed by atoms with Gasteiger partial charge in [-0.3, -0.25) is 4.90 Å². The summed E-state index contributed by atoms with van der Waals surface area (Å²) in [5, 5.41) is 6.27. The third-order valence-electron chi connectivity index (χ3n) is 7.91. The van der Waals surface area contributed by atoms with Gasteiger partial charge in [0.05, 0.1) is 0 Å². The minimum atomic E-state index is -0.857. The molecule has 1 rings (SSSR count). The molecule has 3 amide bonds. The van der Waals surface area contributed by atoms with Gasteiger partial charge in [-0.1, -0.05) is 56.0 Å². The number of benzene rings is 1. The predicted octanol–water partition coefficient (Wildman–Crippen LogP) is 9.39. The Labute approximate surface area is 333 Å². The standard InChI is InChI=1S/C43H76N4O8/c1-40(2,3)52-36(48)35(27-24-30-45-37(49)53-41(4,5)6)47(39(51)55-43(10,11)12)32-22-16-14-13-15-20-28-44-29-21-23-31-46(38(50)54-42(7,8)9)33-34-25-18-17-19-26-34/h17-19,25-26,35,44H,13-16,20-24,27-33H2,1-12H3,(H,45,49). The van der Waals surface area contributed by atoms with Crippen molar-refractivity contribution in [2.75, 3.05) is 32.7 Å². The first-order valence-electron chi connectivity index (χ1n) is 20.4. The zero-order chi connectivity index (χ0) is 41.7. The van der Waals surface area contributed by atoms with Gasteiger partial charge in [-0.25, -0.2) is 19.2 Å². The fraction of sp³-hybridized carbons (Fsp3) is 0.767. The van der Waals surface area contributed by atoms with Crippen LogP contribution in [0.15, 0.2) is 30.3 Å². The number of hydrogen-bond donors (Lipinski definition) is 2. The van der Waals surface area contributed by atoms with Gasteiger partial charge in [0.2, 0.25) is 0 Å². The van der Waals surface area contributed by atoms with Gasteiger partial charge in [-0.15, -0.1) is 0 Å². The molecule has 316 valence electrons. The van der Waals surface area contributed by atoms with E-state index in [1.54, 1.807) is 67.2 Å². The highest BCUT2D eigenvalue weighted by Crippen LogP contribution is 2.21. The highest BCUT2D eigenvalue weighted by atomic mass is 16.6. The molecule has 1 aromatic rings. The number of alkyl carbamates (subject to hydrolysis) is 1. The molecule has 0 aliphatic heterocycles. The number of amides is 3. The summed E-state index contributed by atoms with van der Waals surface area (Å²) < 4.78 is 22.5. The molecule has 12 heteroatoms. The summed E-state index contributed by atoms with van der Waals surface area (Å²) in [4.78, 5) is 55.2. The van der Waals surface area contributed by atoms with Crippen LogP contribution in [-0.2, 0) is 30.3 Å². The Balaban J connectivity index is 2.55. The largest absolute Gasteiger partial charge is 0.458 e. The number of hydrogen-bond acceptors (Lipinski definition) is 9. The zero-order valence-corrected chi connectivity index (χ0v) is 36.4. The second-order valence-corrected chi connectivity index (χ2v) is 18.3. The minimum absolute atomic E-state index is 0.283. The van der Waals surface area contributed by atoms with Crippen LogP contribution in [0, 0.1) is 0 Å². The molecular formula is C43H76N4O8. The van der Waals surface area contributed by atoms with Crippen LogP contribution in [0.5, 0.6) is 0 Å². The monoisotopic (exact) mass is 777 g/mol. The van der Waals surface area contributed by atoms with Crippen LogP contribution in [0.3, 0.4) is 0 Å². The average molecular weight is 777 g/mol. The summed E-state index contributed by atoms with van der Waals surface area (Å²) in [5.41, 5.74) is -1.54. The number of esters is 1. The van der Waals surface area contributed by atoms with Crippen molar-refractivity contribution in [1.82, 2.24) is 20.4 Å². The lowest BCUT2D eigenvalue weighted by molar-refractivity contribution is -0.161. The number of nitrogens with one attached hydrogen (secondary N) is 2. The van der Waals surface area contributed by atoms with Crippen molar-refractivity contribution >= 4 is 24.2 Å². The van der Waals surface area contributed by atoms with E-state index in [4.69, 9.17) is 18.9 Å². The Morgan fingerprint density at radius 1 is 0.564 bits per heavy atom. The summed E-state index contributed by atoms with van der Waals surface area (Å²) in [6.45, 7) is 25.5. The lowest BCUT2D eigenvalue weighted by atomic mass is 10.1. The molecule has 1 aromatic carbocycles. The molecular weight excluding hydrogens is 700 g/mol. The van der Waals surface area contributed by atoms with Crippen molar-refractivity contribution in [2.24, 2.45) is 0 Å². The lowest BCUT2D eigenvalue weighted by Crippen LogP contribution is -2.49. The molecule has 0 saturated carbocycles. The van der Waals surface area contributed by atoms with Crippen LogP contribution in [0.4, 0.5) is 14.4 Å². The van der Waals surface area contributed by atoms with Crippen LogP contribution < -0.4 is 10.6 Å². The lowest BCUT2D eigenvalue weighted by Gasteiger charge is -2.34. The summed E-state index contributed by atoms with van der Waals surface area (Å²) >= 11 is 0. The van der Waals surface area contributed by atoms with Crippen molar-refractivity contribution in [2.45, 2.75) is 182 Å². The van der Waals surface area contributed by atoms with Crippen LogP contribution in [0.1, 0.15) is 153 Å². The maximum absolute atomic E-state index is 13.5. The number of carbonyl (C=O) groups is 4. The number of nitrogens with zero attached hydrogens (tertiary/aromatic N) is 2. The topological polar surface area (TPSA) is 136 Å². The van der Waals surface area contributed by atoms with Crippen molar-refractivity contribution in [3.05, 3.63) is 35.9 Å². The Hall–Kier alpha value is -3.54. The first-order valence-corrected chi connectivity index (χ1v) is 20.4. The molecule has 12 nitrogen and oxygen atoms in total. The third-order valence-corrected chi connectivity index (χ3v) is 7.91. The Bertz CT molecular complexity index is 1260. The first-order chi connectivity index (χ1) is 25.5. The Morgan fingerprint density at radius 2 is 1.05 bits per heavy atom. The molecule has 2 N–H and O–H groups in total. The highest BCUT2D eigenvalue weighted by molar-refractivity contribution is 5.82. The SMILES string of the molecule is CC(C)(C)OC(=O)NCCCC(C(=O)OC(C)(C)C)N(CCCCCCCCNCCCCN(Cc1ccccc1)C(=O)OC(C)(C)C)C(=O)OC(C)(C)C. The van der Waals surface area contributed by atoms with E-state index < -0.39 is 46.6 Å². The fourth-order valence-electron chi connectivity index (χ4n) is 5.55. The second kappa shape index (κ2) is 24.2. The van der Waals surface area contributed by atoms with Gasteiger partial charge >= 0.3 is 24.2 Å². The molecule has 0 aliphatic carbocycles. The van der Waals surface area contributed by atoms with Gasteiger partial charge < -0.3 is 34.5 Å². The van der Waals surface area contributed by atoms with E-state index in [0.717, 1.165) is 70.0 Å². The number of rotatable bonds is 22. The average Bonchev–Trinajstić information content (AvgIpc) is 3.02. The smallest absolute Gasteiger partial charge is 0.411 e. The molecule has 0 heterocycles. The van der Waals surface area contributed by atoms with Crippen molar-refractivity contribution in [3.8, 4) is 0 Å². The van der Waals surface area contributed by atoms with Gasteiger partial charge in [-0.05, 0) is 140 Å². The van der Waals surface area contributed by atoms with E-state index in [0.29, 0.717) is 32.5 Å². The molecule has 0 aliphatic rings. The van der Waals surface area contributed by atoms with Gasteiger partial charge in [-0.2, -0.15) is 0 Å². The number of unbranched alkanes of at least 4 members (excludes halogenated alkanes) is 6. The molecule has 0 bridgehead atoms. The van der Waals surface area contributed by atoms with E-state index in [2.05, 4.69) is 10.6 Å². The summed E-state index contributed by atoms with van der Waals surface area (Å²) in [6, 6.07) is 9.13. The summed E-state index contributed by atoms with van der Waals surface area (Å²) in [5.74, 6) is -0.490. The molecule has 0 radical (unpaired) electrons. The van der Waals surface area contributed by atoms with E-state index in [1.165, 1.54) is 4.90 Å². The van der Waals surface area contributed by atoms with Gasteiger partial charge in [0.25, 0.3) is 0 Å². The van der Waals surface area contributed by atoms with E-state index in [1.807, 2.05) is 51.1 Å². The normalized spacial score (nSPS) is 12.7.